The summed E-state index contributed by atoms with van der Waals surface area (Å²) in [4.78, 5) is 29.5. The molecule has 26 heavy (non-hydrogen) atoms. The van der Waals surface area contributed by atoms with Crippen LogP contribution in [0.2, 0.25) is 0 Å². The van der Waals surface area contributed by atoms with Gasteiger partial charge in [-0.2, -0.15) is 0 Å². The Morgan fingerprint density at radius 3 is 3.08 bits per heavy atom. The number of aromatic amines is 1. The van der Waals surface area contributed by atoms with Gasteiger partial charge in [0.1, 0.15) is 0 Å². The predicted molar refractivity (Wildman–Crippen MR) is 101 cm³/mol. The summed E-state index contributed by atoms with van der Waals surface area (Å²) in [7, 11) is 0. The molecule has 3 fully saturated rings. The van der Waals surface area contributed by atoms with Crippen molar-refractivity contribution in [1.82, 2.24) is 24.8 Å². The molecule has 7 heteroatoms. The first-order chi connectivity index (χ1) is 12.8. The van der Waals surface area contributed by atoms with Crippen molar-refractivity contribution in [3.05, 3.63) is 46.7 Å². The molecule has 2 bridgehead atoms. The second-order valence-corrected chi connectivity index (χ2v) is 8.08. The first kappa shape index (κ1) is 16.0. The fourth-order valence-corrected chi connectivity index (χ4v) is 4.89. The molecule has 0 saturated carbocycles. The van der Waals surface area contributed by atoms with Crippen LogP contribution >= 0.6 is 11.3 Å². The topological polar surface area (TPSA) is 65.1 Å². The smallest absolute Gasteiger partial charge is 0.254 e. The Morgan fingerprint density at radius 1 is 1.23 bits per heavy atom. The average molecular weight is 367 g/mol. The lowest BCUT2D eigenvalue weighted by molar-refractivity contribution is 0.0585. The highest BCUT2D eigenvalue weighted by molar-refractivity contribution is 7.07. The number of carbonyl (C=O) groups excluding carboxylic acids is 1. The van der Waals surface area contributed by atoms with E-state index in [9.17, 15) is 4.79 Å². The lowest BCUT2D eigenvalue weighted by Gasteiger charge is -2.36. The Balaban J connectivity index is 1.37. The highest BCUT2D eigenvalue weighted by Gasteiger charge is 2.37. The van der Waals surface area contributed by atoms with Gasteiger partial charge in [0.2, 0.25) is 0 Å². The average Bonchev–Trinajstić information content (AvgIpc) is 3.26. The Kier molecular flexibility index (Phi) is 3.98. The van der Waals surface area contributed by atoms with Crippen LogP contribution in [0.3, 0.4) is 0 Å². The molecule has 1 aromatic carbocycles. The molecular formula is C19H21N5OS. The van der Waals surface area contributed by atoms with Crippen molar-refractivity contribution in [2.75, 3.05) is 19.6 Å². The number of rotatable bonds is 3. The number of thiazole rings is 1. The standard InChI is InChI=1S/C19H21N5OS/c25-19(14-2-4-17-18(5-14)21-11-20-17)24-7-13-1-3-16(24)9-23(6-13)8-15-10-26-12-22-15/h2,4-5,10-13,16H,1,3,6-9H2,(H,20,21)/t13-,16+/m1/s1. The van der Waals surface area contributed by atoms with Gasteiger partial charge in [0.05, 0.1) is 28.6 Å². The third-order valence-electron chi connectivity index (χ3n) is 5.59. The molecule has 0 unspecified atom stereocenters. The summed E-state index contributed by atoms with van der Waals surface area (Å²) in [6, 6.07) is 6.04. The summed E-state index contributed by atoms with van der Waals surface area (Å²) < 4.78 is 0. The van der Waals surface area contributed by atoms with Gasteiger partial charge in [-0.3, -0.25) is 9.69 Å². The molecule has 3 aliphatic rings. The lowest BCUT2D eigenvalue weighted by atomic mass is 9.94. The summed E-state index contributed by atoms with van der Waals surface area (Å²) in [5, 5.41) is 2.12. The van der Waals surface area contributed by atoms with Gasteiger partial charge in [-0.05, 0) is 37.0 Å². The van der Waals surface area contributed by atoms with Crippen molar-refractivity contribution >= 4 is 28.3 Å². The summed E-state index contributed by atoms with van der Waals surface area (Å²) in [5.41, 5.74) is 5.59. The van der Waals surface area contributed by atoms with Gasteiger partial charge < -0.3 is 9.88 Å². The number of carbonyl (C=O) groups is 1. The summed E-state index contributed by atoms with van der Waals surface area (Å²) in [6.07, 6.45) is 3.97. The number of nitrogens with zero attached hydrogens (tertiary/aromatic N) is 4. The molecule has 3 aromatic rings. The van der Waals surface area contributed by atoms with Crippen molar-refractivity contribution in [1.29, 1.82) is 0 Å². The number of amides is 1. The summed E-state index contributed by atoms with van der Waals surface area (Å²) in [5.74, 6) is 0.693. The fraction of sp³-hybridized carbons (Fsp3) is 0.421. The number of H-pyrrole nitrogens is 1. The molecule has 2 aromatic heterocycles. The van der Waals surface area contributed by atoms with E-state index in [1.807, 2.05) is 23.7 Å². The molecule has 0 radical (unpaired) electrons. The van der Waals surface area contributed by atoms with Crippen molar-refractivity contribution in [2.24, 2.45) is 5.92 Å². The van der Waals surface area contributed by atoms with Gasteiger partial charge in [-0.1, -0.05) is 0 Å². The zero-order valence-corrected chi connectivity index (χ0v) is 15.3. The van der Waals surface area contributed by atoms with Gasteiger partial charge in [0.25, 0.3) is 5.91 Å². The van der Waals surface area contributed by atoms with Crippen molar-refractivity contribution < 1.29 is 4.79 Å². The zero-order chi connectivity index (χ0) is 17.5. The molecular weight excluding hydrogens is 346 g/mol. The Hall–Kier alpha value is -2.25. The molecule has 6 nitrogen and oxygen atoms in total. The van der Waals surface area contributed by atoms with Crippen LogP contribution in [0, 0.1) is 5.92 Å². The summed E-state index contributed by atoms with van der Waals surface area (Å²) >= 11 is 1.64. The number of benzene rings is 1. The van der Waals surface area contributed by atoms with Crippen molar-refractivity contribution in [3.63, 3.8) is 0 Å². The maximum atomic E-state index is 13.2. The van der Waals surface area contributed by atoms with Crippen LogP contribution in [0.15, 0.2) is 35.4 Å². The third-order valence-corrected chi connectivity index (χ3v) is 6.22. The Morgan fingerprint density at radius 2 is 2.19 bits per heavy atom. The van der Waals surface area contributed by atoms with Crippen LogP contribution in [0.1, 0.15) is 28.9 Å². The molecule has 1 amide bonds. The number of piperidine rings is 1. The highest BCUT2D eigenvalue weighted by atomic mass is 32.1. The van der Waals surface area contributed by atoms with E-state index in [1.165, 1.54) is 6.42 Å². The quantitative estimate of drug-likeness (QED) is 0.773. The monoisotopic (exact) mass is 367 g/mol. The number of nitrogens with one attached hydrogen (secondary N) is 1. The maximum absolute atomic E-state index is 13.2. The van der Waals surface area contributed by atoms with Gasteiger partial charge in [-0.15, -0.1) is 11.3 Å². The van der Waals surface area contributed by atoms with E-state index >= 15 is 0 Å². The first-order valence-corrected chi connectivity index (χ1v) is 10.0. The molecule has 3 aliphatic heterocycles. The predicted octanol–water partition coefficient (Wildman–Crippen LogP) is 2.76. The maximum Gasteiger partial charge on any atom is 0.254 e. The van der Waals surface area contributed by atoms with E-state index in [0.717, 1.165) is 54.9 Å². The minimum absolute atomic E-state index is 0.145. The zero-order valence-electron chi connectivity index (χ0n) is 14.5. The Labute approximate surface area is 155 Å². The molecule has 3 saturated heterocycles. The number of imidazole rings is 1. The molecule has 1 N–H and O–H groups in total. The second-order valence-electron chi connectivity index (χ2n) is 7.36. The Bertz CT molecular complexity index is 921. The number of aromatic nitrogens is 3. The normalized spacial score (nSPS) is 23.5. The van der Waals surface area contributed by atoms with E-state index in [4.69, 9.17) is 0 Å². The van der Waals surface area contributed by atoms with E-state index in [2.05, 4.69) is 30.1 Å². The van der Waals surface area contributed by atoms with Crippen LogP contribution in [0.5, 0.6) is 0 Å². The minimum atomic E-state index is 0.145. The van der Waals surface area contributed by atoms with E-state index in [1.54, 1.807) is 17.7 Å². The fourth-order valence-electron chi connectivity index (χ4n) is 4.34. The second kappa shape index (κ2) is 6.48. The van der Waals surface area contributed by atoms with Gasteiger partial charge in [0, 0.05) is 43.2 Å². The van der Waals surface area contributed by atoms with Gasteiger partial charge >= 0.3 is 0 Å². The molecule has 134 valence electrons. The minimum Gasteiger partial charge on any atom is -0.345 e. The largest absolute Gasteiger partial charge is 0.345 e. The summed E-state index contributed by atoms with van der Waals surface area (Å²) in [6.45, 7) is 3.74. The third kappa shape index (κ3) is 2.91. The SMILES string of the molecule is O=C(c1ccc2nc[nH]c2c1)N1C[C@@H]2CC[C@H]1CN(Cc1cscn1)C2. The number of hydrogen-bond acceptors (Lipinski definition) is 5. The van der Waals surface area contributed by atoms with Crippen LogP contribution < -0.4 is 0 Å². The highest BCUT2D eigenvalue weighted by Crippen LogP contribution is 2.30. The van der Waals surface area contributed by atoms with E-state index in [0.29, 0.717) is 5.92 Å². The number of fused-ring (bicyclic) bond motifs is 5. The van der Waals surface area contributed by atoms with Crippen molar-refractivity contribution in [3.8, 4) is 0 Å². The van der Waals surface area contributed by atoms with Gasteiger partial charge in [0.15, 0.2) is 0 Å². The van der Waals surface area contributed by atoms with E-state index < -0.39 is 0 Å². The first-order valence-electron chi connectivity index (χ1n) is 9.10. The molecule has 2 atom stereocenters. The van der Waals surface area contributed by atoms with Crippen LogP contribution in [0.25, 0.3) is 11.0 Å². The van der Waals surface area contributed by atoms with Crippen LogP contribution in [0.4, 0.5) is 0 Å². The van der Waals surface area contributed by atoms with Gasteiger partial charge in [-0.25, -0.2) is 9.97 Å². The molecule has 0 aliphatic carbocycles. The molecule has 5 heterocycles. The molecule has 6 rings (SSSR count). The van der Waals surface area contributed by atoms with E-state index in [-0.39, 0.29) is 11.9 Å². The van der Waals surface area contributed by atoms with Crippen molar-refractivity contribution in [2.45, 2.75) is 25.4 Å². The van der Waals surface area contributed by atoms with Crippen LogP contribution in [-0.4, -0.2) is 56.3 Å². The number of hydrogen-bond donors (Lipinski definition) is 1. The lowest BCUT2D eigenvalue weighted by Crippen LogP contribution is -2.47. The van der Waals surface area contributed by atoms with Crippen LogP contribution in [-0.2, 0) is 6.54 Å². The molecule has 0 spiro atoms.